The molecule has 114 valence electrons. The molecule has 0 bridgehead atoms. The minimum atomic E-state index is 0.00689. The third-order valence-corrected chi connectivity index (χ3v) is 3.65. The first kappa shape index (κ1) is 15.7. The molecular formula is C14H20ClN5O. The number of nitrogens with two attached hydrogens (primary N) is 1. The molecule has 0 fully saturated rings. The van der Waals surface area contributed by atoms with Crippen LogP contribution in [-0.2, 0) is 11.3 Å². The van der Waals surface area contributed by atoms with E-state index < -0.39 is 0 Å². The Bertz CT molecular complexity index is 611. The molecule has 0 amide bonds. The van der Waals surface area contributed by atoms with E-state index in [1.54, 1.807) is 30.0 Å². The first-order chi connectivity index (χ1) is 9.93. The van der Waals surface area contributed by atoms with Crippen molar-refractivity contribution in [1.82, 2.24) is 20.2 Å². The molecule has 0 aliphatic rings. The molecule has 0 saturated carbocycles. The van der Waals surface area contributed by atoms with Crippen LogP contribution >= 0.6 is 11.6 Å². The fourth-order valence-electron chi connectivity index (χ4n) is 2.08. The lowest BCUT2D eigenvalue weighted by atomic mass is 9.89. The van der Waals surface area contributed by atoms with Crippen LogP contribution in [0.1, 0.15) is 20.3 Å². The van der Waals surface area contributed by atoms with E-state index in [1.807, 2.05) is 0 Å². The van der Waals surface area contributed by atoms with Gasteiger partial charge in [-0.05, 0) is 40.5 Å². The van der Waals surface area contributed by atoms with Gasteiger partial charge in [0, 0.05) is 25.0 Å². The molecule has 1 heterocycles. The maximum atomic E-state index is 6.23. The van der Waals surface area contributed by atoms with Crippen molar-refractivity contribution in [3.05, 3.63) is 23.2 Å². The molecule has 1 aromatic carbocycles. The number of hydrogen-bond donors (Lipinski definition) is 1. The van der Waals surface area contributed by atoms with Crippen molar-refractivity contribution in [3.8, 4) is 11.4 Å². The molecule has 0 saturated heterocycles. The highest BCUT2D eigenvalue weighted by atomic mass is 35.5. The second kappa shape index (κ2) is 6.41. The fraction of sp³-hybridized carbons (Fsp3) is 0.500. The van der Waals surface area contributed by atoms with Crippen LogP contribution in [0, 0.1) is 5.41 Å². The van der Waals surface area contributed by atoms with Gasteiger partial charge in [0.15, 0.2) is 5.82 Å². The summed E-state index contributed by atoms with van der Waals surface area (Å²) >= 11 is 6.23. The lowest BCUT2D eigenvalue weighted by molar-refractivity contribution is 0.140. The topological polar surface area (TPSA) is 78.8 Å². The highest BCUT2D eigenvalue weighted by Gasteiger charge is 2.22. The number of halogens is 1. The first-order valence-electron chi connectivity index (χ1n) is 6.73. The number of ether oxygens (including phenoxy) is 1. The quantitative estimate of drug-likeness (QED) is 0.830. The molecule has 21 heavy (non-hydrogen) atoms. The van der Waals surface area contributed by atoms with Crippen LogP contribution in [0.25, 0.3) is 11.4 Å². The van der Waals surface area contributed by atoms with E-state index in [4.69, 9.17) is 22.1 Å². The van der Waals surface area contributed by atoms with E-state index >= 15 is 0 Å². The summed E-state index contributed by atoms with van der Waals surface area (Å²) in [6.45, 7) is 5.67. The van der Waals surface area contributed by atoms with E-state index in [2.05, 4.69) is 29.4 Å². The summed E-state index contributed by atoms with van der Waals surface area (Å²) in [7, 11) is 1.70. The van der Waals surface area contributed by atoms with Crippen molar-refractivity contribution in [3.63, 3.8) is 0 Å². The van der Waals surface area contributed by atoms with Gasteiger partial charge < -0.3 is 10.5 Å². The number of aromatic nitrogens is 4. The van der Waals surface area contributed by atoms with Crippen LogP contribution in [-0.4, -0.2) is 33.9 Å². The number of rotatable bonds is 6. The molecule has 0 atom stereocenters. The van der Waals surface area contributed by atoms with E-state index in [9.17, 15) is 0 Å². The van der Waals surface area contributed by atoms with Crippen molar-refractivity contribution in [1.29, 1.82) is 0 Å². The van der Waals surface area contributed by atoms with Crippen LogP contribution in [0.4, 0.5) is 5.69 Å². The smallest absolute Gasteiger partial charge is 0.183 e. The van der Waals surface area contributed by atoms with Gasteiger partial charge in [0.2, 0.25) is 0 Å². The number of anilines is 1. The summed E-state index contributed by atoms with van der Waals surface area (Å²) in [5, 5.41) is 12.5. The fourth-order valence-corrected chi connectivity index (χ4v) is 2.28. The predicted octanol–water partition coefficient (Wildman–Crippen LogP) is 2.64. The Labute approximate surface area is 129 Å². The Hall–Kier alpha value is -1.66. The Kier molecular flexibility index (Phi) is 4.80. The zero-order valence-electron chi connectivity index (χ0n) is 12.5. The second-order valence-corrected chi connectivity index (χ2v) is 6.21. The van der Waals surface area contributed by atoms with Gasteiger partial charge in [-0.1, -0.05) is 25.4 Å². The predicted molar refractivity (Wildman–Crippen MR) is 82.9 cm³/mol. The molecule has 6 nitrogen and oxygen atoms in total. The monoisotopic (exact) mass is 309 g/mol. The maximum absolute atomic E-state index is 6.23. The summed E-state index contributed by atoms with van der Waals surface area (Å²) in [6, 6.07) is 5.29. The number of methoxy groups -OCH3 is 1. The molecule has 0 spiro atoms. The van der Waals surface area contributed by atoms with Crippen molar-refractivity contribution < 1.29 is 4.74 Å². The Morgan fingerprint density at radius 3 is 2.86 bits per heavy atom. The molecule has 0 aliphatic heterocycles. The third-order valence-electron chi connectivity index (χ3n) is 3.32. The zero-order valence-corrected chi connectivity index (χ0v) is 13.3. The summed E-state index contributed by atoms with van der Waals surface area (Å²) < 4.78 is 6.91. The van der Waals surface area contributed by atoms with Crippen molar-refractivity contribution in [2.75, 3.05) is 19.5 Å². The Balaban J connectivity index is 2.28. The highest BCUT2D eigenvalue weighted by Crippen LogP contribution is 2.30. The average molecular weight is 310 g/mol. The lowest BCUT2D eigenvalue weighted by Gasteiger charge is -2.24. The van der Waals surface area contributed by atoms with Gasteiger partial charge in [0.1, 0.15) is 0 Å². The summed E-state index contributed by atoms with van der Waals surface area (Å²) in [4.78, 5) is 0. The van der Waals surface area contributed by atoms with Crippen molar-refractivity contribution in [2.24, 2.45) is 5.41 Å². The molecule has 2 aromatic rings. The third kappa shape index (κ3) is 3.92. The normalized spacial score (nSPS) is 11.8. The maximum Gasteiger partial charge on any atom is 0.183 e. The second-order valence-electron chi connectivity index (χ2n) is 5.81. The standard InChI is InChI=1S/C14H20ClN5O/c1-14(2,6-7-21-3)9-20-13(17-18-19-20)11-8-10(16)4-5-12(11)15/h4-5,8H,6-7,9,16H2,1-3H3. The lowest BCUT2D eigenvalue weighted by Crippen LogP contribution is -2.23. The average Bonchev–Trinajstić information content (AvgIpc) is 2.86. The highest BCUT2D eigenvalue weighted by molar-refractivity contribution is 6.33. The Morgan fingerprint density at radius 2 is 2.14 bits per heavy atom. The molecular weight excluding hydrogens is 290 g/mol. The number of tetrazole rings is 1. The van der Waals surface area contributed by atoms with Gasteiger partial charge in [-0.25, -0.2) is 4.68 Å². The largest absolute Gasteiger partial charge is 0.399 e. The van der Waals surface area contributed by atoms with Gasteiger partial charge in [-0.15, -0.1) is 5.10 Å². The number of benzene rings is 1. The SMILES string of the molecule is COCCC(C)(C)Cn1nnnc1-c1cc(N)ccc1Cl. The van der Waals surface area contributed by atoms with Gasteiger partial charge in [0.25, 0.3) is 0 Å². The van der Waals surface area contributed by atoms with Gasteiger partial charge in [0.05, 0.1) is 11.6 Å². The molecule has 7 heteroatoms. The molecule has 2 rings (SSSR count). The number of hydrogen-bond acceptors (Lipinski definition) is 5. The molecule has 0 aliphatic carbocycles. The van der Waals surface area contributed by atoms with Crippen LogP contribution in [0.15, 0.2) is 18.2 Å². The molecule has 2 N–H and O–H groups in total. The summed E-state index contributed by atoms with van der Waals surface area (Å²) in [5.74, 6) is 0.623. The minimum Gasteiger partial charge on any atom is -0.399 e. The van der Waals surface area contributed by atoms with E-state index in [0.717, 1.165) is 12.0 Å². The first-order valence-corrected chi connectivity index (χ1v) is 7.11. The van der Waals surface area contributed by atoms with Crippen molar-refractivity contribution >= 4 is 17.3 Å². The van der Waals surface area contributed by atoms with Crippen LogP contribution in [0.2, 0.25) is 5.02 Å². The molecule has 1 aromatic heterocycles. The van der Waals surface area contributed by atoms with Crippen LogP contribution in [0.5, 0.6) is 0 Å². The summed E-state index contributed by atoms with van der Waals surface area (Å²) in [5.41, 5.74) is 7.20. The minimum absolute atomic E-state index is 0.00689. The number of nitrogens with zero attached hydrogens (tertiary/aromatic N) is 4. The van der Waals surface area contributed by atoms with E-state index in [1.165, 1.54) is 0 Å². The van der Waals surface area contributed by atoms with E-state index in [0.29, 0.717) is 29.7 Å². The van der Waals surface area contributed by atoms with Crippen LogP contribution in [0.3, 0.4) is 0 Å². The summed E-state index contributed by atoms with van der Waals surface area (Å²) in [6.07, 6.45) is 0.910. The van der Waals surface area contributed by atoms with Crippen LogP contribution < -0.4 is 5.73 Å². The molecule has 0 radical (unpaired) electrons. The van der Waals surface area contributed by atoms with Gasteiger partial charge in [-0.3, -0.25) is 0 Å². The molecule has 0 unspecified atom stereocenters. The van der Waals surface area contributed by atoms with Crippen molar-refractivity contribution in [2.45, 2.75) is 26.8 Å². The number of nitrogen functional groups attached to an aromatic ring is 1. The Morgan fingerprint density at radius 1 is 1.38 bits per heavy atom. The van der Waals surface area contributed by atoms with Gasteiger partial charge >= 0.3 is 0 Å². The van der Waals surface area contributed by atoms with E-state index in [-0.39, 0.29) is 5.41 Å². The zero-order chi connectivity index (χ0) is 15.5. The van der Waals surface area contributed by atoms with Gasteiger partial charge in [-0.2, -0.15) is 0 Å².